The van der Waals surface area contributed by atoms with E-state index in [0.29, 0.717) is 10.7 Å². The number of rotatable bonds is 4. The van der Waals surface area contributed by atoms with Crippen molar-refractivity contribution in [3.05, 3.63) is 18.5 Å². The Bertz CT molecular complexity index is 516. The molecule has 1 aliphatic carbocycles. The second-order valence-corrected chi connectivity index (χ2v) is 8.84. The molecule has 0 bridgehead atoms. The first-order valence-corrected chi connectivity index (χ1v) is 10.3. The largest absolute Gasteiger partial charge is 0.356 e. The van der Waals surface area contributed by atoms with Gasteiger partial charge < -0.3 is 10.2 Å². The highest BCUT2D eigenvalue weighted by molar-refractivity contribution is 8.00. The highest BCUT2D eigenvalue weighted by Gasteiger charge is 2.38. The van der Waals surface area contributed by atoms with E-state index in [0.717, 1.165) is 32.1 Å². The normalized spacial score (nSPS) is 22.6. The Morgan fingerprint density at radius 1 is 1.38 bits per heavy atom. The van der Waals surface area contributed by atoms with Crippen LogP contribution in [0.5, 0.6) is 0 Å². The number of nitrogens with zero attached hydrogens (tertiary/aromatic N) is 4. The Morgan fingerprint density at radius 2 is 2.21 bits per heavy atom. The predicted octanol–water partition coefficient (Wildman–Crippen LogP) is 2.85. The van der Waals surface area contributed by atoms with Crippen LogP contribution in [-0.2, 0) is 6.54 Å². The van der Waals surface area contributed by atoms with Crippen molar-refractivity contribution in [3.8, 4) is 0 Å². The van der Waals surface area contributed by atoms with Gasteiger partial charge in [0.2, 0.25) is 0 Å². The van der Waals surface area contributed by atoms with E-state index < -0.39 is 0 Å². The molecular weight excluding hydrogens is 318 g/mol. The molecule has 1 spiro atoms. The average molecular weight is 350 g/mol. The number of aromatic nitrogens is 2. The fourth-order valence-corrected chi connectivity index (χ4v) is 5.48. The summed E-state index contributed by atoms with van der Waals surface area (Å²) in [5, 5.41) is 7.89. The first kappa shape index (κ1) is 17.6. The second kappa shape index (κ2) is 8.28. The van der Waals surface area contributed by atoms with Crippen molar-refractivity contribution in [2.45, 2.75) is 50.3 Å². The molecule has 0 amide bonds. The van der Waals surface area contributed by atoms with E-state index >= 15 is 0 Å². The van der Waals surface area contributed by atoms with Crippen LogP contribution in [0.2, 0.25) is 0 Å². The number of guanidine groups is 1. The third kappa shape index (κ3) is 4.47. The van der Waals surface area contributed by atoms with Crippen LogP contribution in [0.3, 0.4) is 0 Å². The molecule has 134 valence electrons. The molecule has 1 aromatic rings. The van der Waals surface area contributed by atoms with E-state index in [2.05, 4.69) is 39.0 Å². The van der Waals surface area contributed by atoms with Gasteiger partial charge in [-0.25, -0.2) is 0 Å². The molecule has 1 saturated carbocycles. The number of hydrogen-bond donors (Lipinski definition) is 1. The first-order chi connectivity index (χ1) is 11.7. The molecule has 1 saturated heterocycles. The highest BCUT2D eigenvalue weighted by Crippen LogP contribution is 2.42. The summed E-state index contributed by atoms with van der Waals surface area (Å²) in [6.45, 7) is 6.40. The van der Waals surface area contributed by atoms with Crippen molar-refractivity contribution < 1.29 is 0 Å². The second-order valence-electron chi connectivity index (χ2n) is 7.28. The maximum absolute atomic E-state index is 4.56. The molecule has 24 heavy (non-hydrogen) atoms. The average Bonchev–Trinajstić information content (AvgIpc) is 3.09. The van der Waals surface area contributed by atoms with E-state index in [9.17, 15) is 0 Å². The van der Waals surface area contributed by atoms with E-state index in [1.165, 1.54) is 37.9 Å². The van der Waals surface area contributed by atoms with Gasteiger partial charge in [-0.1, -0.05) is 26.2 Å². The molecule has 1 aromatic heterocycles. The number of aliphatic imine (C=N–C) groups is 1. The predicted molar refractivity (Wildman–Crippen MR) is 103 cm³/mol. The van der Waals surface area contributed by atoms with Gasteiger partial charge in [0.25, 0.3) is 0 Å². The van der Waals surface area contributed by atoms with Crippen LogP contribution in [0.25, 0.3) is 0 Å². The molecule has 0 aromatic carbocycles. The van der Waals surface area contributed by atoms with Crippen molar-refractivity contribution in [1.29, 1.82) is 0 Å². The first-order valence-electron chi connectivity index (χ1n) is 9.28. The topological polar surface area (TPSA) is 45.5 Å². The highest BCUT2D eigenvalue weighted by atomic mass is 32.2. The van der Waals surface area contributed by atoms with Gasteiger partial charge in [-0.3, -0.25) is 9.67 Å². The van der Waals surface area contributed by atoms with Crippen molar-refractivity contribution in [2.75, 3.05) is 32.4 Å². The van der Waals surface area contributed by atoms with Gasteiger partial charge in [-0.2, -0.15) is 16.9 Å². The molecule has 0 radical (unpaired) electrons. The standard InChI is InChI=1S/C18H31N5S/c1-16(14-23-10-6-9-21-23)13-20-17(19-2)22-11-12-24-18(15-22)7-4-3-5-8-18/h6,9-10,16H,3-5,7-8,11-15H2,1-2H3,(H,19,20). The maximum Gasteiger partial charge on any atom is 0.193 e. The van der Waals surface area contributed by atoms with Crippen LogP contribution in [-0.4, -0.2) is 57.8 Å². The molecule has 6 heteroatoms. The molecule has 2 fully saturated rings. The lowest BCUT2D eigenvalue weighted by molar-refractivity contribution is 0.291. The fraction of sp³-hybridized carbons (Fsp3) is 0.778. The van der Waals surface area contributed by atoms with Crippen LogP contribution < -0.4 is 5.32 Å². The molecule has 3 rings (SSSR count). The van der Waals surface area contributed by atoms with Gasteiger partial charge in [0.05, 0.1) is 0 Å². The zero-order valence-corrected chi connectivity index (χ0v) is 15.9. The van der Waals surface area contributed by atoms with Crippen LogP contribution >= 0.6 is 11.8 Å². The van der Waals surface area contributed by atoms with Gasteiger partial charge >= 0.3 is 0 Å². The van der Waals surface area contributed by atoms with E-state index in [4.69, 9.17) is 0 Å². The van der Waals surface area contributed by atoms with Crippen molar-refractivity contribution in [3.63, 3.8) is 0 Å². The molecule has 5 nitrogen and oxygen atoms in total. The minimum Gasteiger partial charge on any atom is -0.356 e. The van der Waals surface area contributed by atoms with Crippen LogP contribution in [0.4, 0.5) is 0 Å². The van der Waals surface area contributed by atoms with Gasteiger partial charge in [0.1, 0.15) is 0 Å². The Balaban J connectivity index is 1.51. The van der Waals surface area contributed by atoms with Crippen LogP contribution in [0, 0.1) is 5.92 Å². The van der Waals surface area contributed by atoms with Crippen molar-refractivity contribution >= 4 is 17.7 Å². The van der Waals surface area contributed by atoms with Crippen LogP contribution in [0.15, 0.2) is 23.5 Å². The minimum atomic E-state index is 0.481. The Hall–Kier alpha value is -1.17. The lowest BCUT2D eigenvalue weighted by Gasteiger charge is -2.45. The summed E-state index contributed by atoms with van der Waals surface area (Å²) < 4.78 is 2.48. The van der Waals surface area contributed by atoms with Gasteiger partial charge in [-0.05, 0) is 24.8 Å². The van der Waals surface area contributed by atoms with Gasteiger partial charge in [0, 0.05) is 56.1 Å². The lowest BCUT2D eigenvalue weighted by atomic mass is 9.87. The molecule has 1 aliphatic heterocycles. The number of nitrogens with one attached hydrogen (secondary N) is 1. The van der Waals surface area contributed by atoms with Crippen molar-refractivity contribution in [2.24, 2.45) is 10.9 Å². The van der Waals surface area contributed by atoms with Gasteiger partial charge in [0.15, 0.2) is 5.96 Å². The molecule has 2 heterocycles. The maximum atomic E-state index is 4.56. The summed E-state index contributed by atoms with van der Waals surface area (Å²) in [7, 11) is 1.91. The van der Waals surface area contributed by atoms with Crippen molar-refractivity contribution in [1.82, 2.24) is 20.0 Å². The molecular formula is C18H31N5S. The monoisotopic (exact) mass is 349 g/mol. The SMILES string of the molecule is CN=C(NCC(C)Cn1cccn1)N1CCSC2(CCCCC2)C1. The number of hydrogen-bond acceptors (Lipinski definition) is 3. The molecule has 1 N–H and O–H groups in total. The minimum absolute atomic E-state index is 0.481. The quantitative estimate of drug-likeness (QED) is 0.671. The zero-order valence-electron chi connectivity index (χ0n) is 15.1. The third-order valence-corrected chi connectivity index (χ3v) is 6.73. The summed E-state index contributed by atoms with van der Waals surface area (Å²) in [6.07, 6.45) is 10.8. The summed E-state index contributed by atoms with van der Waals surface area (Å²) in [5.41, 5.74) is 0. The molecule has 2 aliphatic rings. The summed E-state index contributed by atoms with van der Waals surface area (Å²) in [6, 6.07) is 1.98. The Morgan fingerprint density at radius 3 is 2.92 bits per heavy atom. The smallest absolute Gasteiger partial charge is 0.193 e. The summed E-state index contributed by atoms with van der Waals surface area (Å²) in [5.74, 6) is 2.82. The third-order valence-electron chi connectivity index (χ3n) is 5.19. The molecule has 1 unspecified atom stereocenters. The van der Waals surface area contributed by atoms with Gasteiger partial charge in [-0.15, -0.1) is 0 Å². The van der Waals surface area contributed by atoms with E-state index in [-0.39, 0.29) is 0 Å². The Labute approximate surface area is 150 Å². The summed E-state index contributed by atoms with van der Waals surface area (Å²) in [4.78, 5) is 7.05. The van der Waals surface area contributed by atoms with E-state index in [1.807, 2.05) is 30.2 Å². The van der Waals surface area contributed by atoms with Crippen LogP contribution in [0.1, 0.15) is 39.0 Å². The fourth-order valence-electron chi connectivity index (χ4n) is 3.91. The van der Waals surface area contributed by atoms with E-state index in [1.54, 1.807) is 0 Å². The number of thioether (sulfide) groups is 1. The Kier molecular flexibility index (Phi) is 6.09. The molecule has 1 atom stereocenters. The summed E-state index contributed by atoms with van der Waals surface area (Å²) >= 11 is 2.21. The lowest BCUT2D eigenvalue weighted by Crippen LogP contribution is -2.54. The zero-order chi connectivity index (χ0) is 16.8.